The molecule has 4 nitrogen and oxygen atoms in total. The molecule has 4 heteroatoms. The molecule has 0 bridgehead atoms. The Morgan fingerprint density at radius 3 is 2.71 bits per heavy atom. The maximum atomic E-state index is 13.0. The fourth-order valence-corrected chi connectivity index (χ4v) is 3.35. The summed E-state index contributed by atoms with van der Waals surface area (Å²) in [6.45, 7) is 8.73. The number of hydrogen-bond donors (Lipinski definition) is 0. The van der Waals surface area contributed by atoms with Gasteiger partial charge in [-0.1, -0.05) is 18.2 Å². The van der Waals surface area contributed by atoms with Gasteiger partial charge in [-0.2, -0.15) is 5.26 Å². The van der Waals surface area contributed by atoms with Gasteiger partial charge in [-0.25, -0.2) is 4.98 Å². The van der Waals surface area contributed by atoms with Crippen LogP contribution in [0.4, 0.5) is 0 Å². The molecule has 0 aliphatic carbocycles. The van der Waals surface area contributed by atoms with E-state index in [-0.39, 0.29) is 11.4 Å². The van der Waals surface area contributed by atoms with Gasteiger partial charge in [0.25, 0.3) is 5.91 Å². The quantitative estimate of drug-likeness (QED) is 0.807. The number of benzene rings is 1. The zero-order chi connectivity index (χ0) is 17.5. The molecule has 0 saturated heterocycles. The summed E-state index contributed by atoms with van der Waals surface area (Å²) in [6, 6.07) is 10.1. The van der Waals surface area contributed by atoms with Gasteiger partial charge in [0.1, 0.15) is 11.8 Å². The third-order valence-corrected chi connectivity index (χ3v) is 4.87. The minimum atomic E-state index is -0.278. The highest BCUT2D eigenvalue weighted by Gasteiger charge is 2.37. The van der Waals surface area contributed by atoms with Gasteiger partial charge in [0.15, 0.2) is 0 Å². The predicted octanol–water partition coefficient (Wildman–Crippen LogP) is 3.55. The number of hydrogen-bond acceptors (Lipinski definition) is 3. The van der Waals surface area contributed by atoms with Gasteiger partial charge in [-0.3, -0.25) is 4.79 Å². The van der Waals surface area contributed by atoms with Gasteiger partial charge in [-0.15, -0.1) is 0 Å². The average Bonchev–Trinajstić information content (AvgIpc) is 2.54. The summed E-state index contributed by atoms with van der Waals surface area (Å²) in [7, 11) is 0. The highest BCUT2D eigenvalue weighted by atomic mass is 16.2. The Morgan fingerprint density at radius 1 is 1.29 bits per heavy atom. The molecule has 1 aliphatic rings. The van der Waals surface area contributed by atoms with Crippen molar-refractivity contribution in [3.8, 4) is 6.07 Å². The van der Waals surface area contributed by atoms with Crippen molar-refractivity contribution >= 4 is 5.91 Å². The molecule has 24 heavy (non-hydrogen) atoms. The second kappa shape index (κ2) is 5.76. The summed E-state index contributed by atoms with van der Waals surface area (Å²) >= 11 is 0. The van der Waals surface area contributed by atoms with Gasteiger partial charge >= 0.3 is 0 Å². The molecule has 3 rings (SSSR count). The number of fused-ring (bicyclic) bond motifs is 1. The first-order chi connectivity index (χ1) is 11.3. The minimum Gasteiger partial charge on any atom is -0.328 e. The van der Waals surface area contributed by atoms with Crippen molar-refractivity contribution in [3.05, 3.63) is 64.0 Å². The van der Waals surface area contributed by atoms with E-state index >= 15 is 0 Å². The molecule has 1 aromatic carbocycles. The lowest BCUT2D eigenvalue weighted by atomic mass is 9.83. The Kier molecular flexibility index (Phi) is 3.88. The largest absolute Gasteiger partial charge is 0.328 e. The monoisotopic (exact) mass is 319 g/mol. The molecule has 2 heterocycles. The standard InChI is InChI=1S/C20H21N3O/c1-13-6-5-7-15-12-23(20(3,4)9-17(13)15)19(24)18-8-14(2)16(10-21)11-22-18/h5-8,11H,9,12H2,1-4H3. The van der Waals surface area contributed by atoms with Crippen molar-refractivity contribution in [1.82, 2.24) is 9.88 Å². The molecule has 1 amide bonds. The van der Waals surface area contributed by atoms with Crippen LogP contribution in [0.2, 0.25) is 0 Å². The smallest absolute Gasteiger partial charge is 0.273 e. The summed E-state index contributed by atoms with van der Waals surface area (Å²) in [5.74, 6) is -0.0836. The number of amides is 1. The molecule has 0 radical (unpaired) electrons. The molecular weight excluding hydrogens is 298 g/mol. The maximum Gasteiger partial charge on any atom is 0.273 e. The van der Waals surface area contributed by atoms with Crippen LogP contribution in [-0.2, 0) is 13.0 Å². The summed E-state index contributed by atoms with van der Waals surface area (Å²) < 4.78 is 0. The van der Waals surface area contributed by atoms with E-state index in [1.54, 1.807) is 6.07 Å². The number of nitrogens with zero attached hydrogens (tertiary/aromatic N) is 3. The summed E-state index contributed by atoms with van der Waals surface area (Å²) in [5.41, 5.74) is 5.23. The van der Waals surface area contributed by atoms with Crippen LogP contribution in [0.15, 0.2) is 30.5 Å². The third-order valence-electron chi connectivity index (χ3n) is 4.87. The lowest BCUT2D eigenvalue weighted by Gasteiger charge is -2.43. The van der Waals surface area contributed by atoms with E-state index in [9.17, 15) is 4.79 Å². The highest BCUT2D eigenvalue weighted by Crippen LogP contribution is 2.33. The van der Waals surface area contributed by atoms with Crippen molar-refractivity contribution < 1.29 is 4.79 Å². The van der Waals surface area contributed by atoms with E-state index in [4.69, 9.17) is 5.26 Å². The molecule has 0 atom stereocenters. The van der Waals surface area contributed by atoms with Crippen LogP contribution in [0.25, 0.3) is 0 Å². The second-order valence-electron chi connectivity index (χ2n) is 7.09. The van der Waals surface area contributed by atoms with E-state index in [0.717, 1.165) is 12.0 Å². The fraction of sp³-hybridized carbons (Fsp3) is 0.350. The Morgan fingerprint density at radius 2 is 2.04 bits per heavy atom. The molecule has 0 unspecified atom stereocenters. The van der Waals surface area contributed by atoms with Gasteiger partial charge in [0.05, 0.1) is 5.56 Å². The molecule has 0 saturated carbocycles. The first-order valence-corrected chi connectivity index (χ1v) is 8.09. The number of pyridine rings is 1. The number of carbonyl (C=O) groups is 1. The van der Waals surface area contributed by atoms with Crippen LogP contribution in [0.3, 0.4) is 0 Å². The van der Waals surface area contributed by atoms with Crippen LogP contribution >= 0.6 is 0 Å². The number of rotatable bonds is 1. The van der Waals surface area contributed by atoms with Crippen LogP contribution < -0.4 is 0 Å². The van der Waals surface area contributed by atoms with E-state index in [0.29, 0.717) is 17.8 Å². The molecule has 2 aromatic rings. The van der Waals surface area contributed by atoms with Crippen molar-refractivity contribution in [3.63, 3.8) is 0 Å². The van der Waals surface area contributed by atoms with Crippen molar-refractivity contribution in [1.29, 1.82) is 5.26 Å². The van der Waals surface area contributed by atoms with Crippen LogP contribution in [0.1, 0.15) is 52.2 Å². The number of nitriles is 1. The molecule has 122 valence electrons. The molecule has 1 aromatic heterocycles. The van der Waals surface area contributed by atoms with Crippen LogP contribution in [0.5, 0.6) is 0 Å². The lowest BCUT2D eigenvalue weighted by Crippen LogP contribution is -2.51. The zero-order valence-corrected chi connectivity index (χ0v) is 14.6. The Hall–Kier alpha value is -2.67. The lowest BCUT2D eigenvalue weighted by molar-refractivity contribution is 0.0481. The van der Waals surface area contributed by atoms with Crippen molar-refractivity contribution in [2.75, 3.05) is 0 Å². The normalized spacial score (nSPS) is 15.5. The Labute approximate surface area is 142 Å². The van der Waals surface area contributed by atoms with Crippen LogP contribution in [0, 0.1) is 25.2 Å². The third kappa shape index (κ3) is 2.67. The minimum absolute atomic E-state index is 0.0836. The fourth-order valence-electron chi connectivity index (χ4n) is 3.35. The molecule has 0 fully saturated rings. The predicted molar refractivity (Wildman–Crippen MR) is 92.5 cm³/mol. The van der Waals surface area contributed by atoms with Crippen molar-refractivity contribution in [2.45, 2.75) is 46.2 Å². The topological polar surface area (TPSA) is 57.0 Å². The van der Waals surface area contributed by atoms with Gasteiger partial charge in [0, 0.05) is 18.3 Å². The zero-order valence-electron chi connectivity index (χ0n) is 14.6. The molecular formula is C20H21N3O. The first kappa shape index (κ1) is 16.2. The Bertz CT molecular complexity index is 862. The first-order valence-electron chi connectivity index (χ1n) is 8.09. The average molecular weight is 319 g/mol. The van der Waals surface area contributed by atoms with Gasteiger partial charge in [0.2, 0.25) is 0 Å². The van der Waals surface area contributed by atoms with E-state index in [1.807, 2.05) is 17.9 Å². The summed E-state index contributed by atoms with van der Waals surface area (Å²) in [6.07, 6.45) is 2.31. The molecule has 1 aliphatic heterocycles. The summed E-state index contributed by atoms with van der Waals surface area (Å²) in [4.78, 5) is 19.1. The SMILES string of the molecule is Cc1cc(C(=O)N2Cc3cccc(C)c3CC2(C)C)ncc1C#N. The van der Waals surface area contributed by atoms with Crippen molar-refractivity contribution in [2.24, 2.45) is 0 Å². The highest BCUT2D eigenvalue weighted by molar-refractivity contribution is 5.93. The second-order valence-corrected chi connectivity index (χ2v) is 7.09. The number of aromatic nitrogens is 1. The summed E-state index contributed by atoms with van der Waals surface area (Å²) in [5, 5.41) is 9.03. The van der Waals surface area contributed by atoms with Gasteiger partial charge < -0.3 is 4.90 Å². The van der Waals surface area contributed by atoms with Crippen LogP contribution in [-0.4, -0.2) is 21.3 Å². The van der Waals surface area contributed by atoms with E-state index < -0.39 is 0 Å². The maximum absolute atomic E-state index is 13.0. The molecule has 0 spiro atoms. The van der Waals surface area contributed by atoms with E-state index in [1.165, 1.54) is 22.9 Å². The molecule has 0 N–H and O–H groups in total. The Balaban J connectivity index is 1.98. The number of aryl methyl sites for hydroxylation is 2. The number of carbonyl (C=O) groups excluding carboxylic acids is 1. The van der Waals surface area contributed by atoms with Gasteiger partial charge in [-0.05, 0) is 62.4 Å². The van der Waals surface area contributed by atoms with E-state index in [2.05, 4.69) is 44.0 Å².